The van der Waals surface area contributed by atoms with Gasteiger partial charge in [-0.1, -0.05) is 0 Å². The van der Waals surface area contributed by atoms with Crippen LogP contribution in [0.4, 0.5) is 0 Å². The van der Waals surface area contributed by atoms with Gasteiger partial charge in [-0.3, -0.25) is 4.79 Å². The van der Waals surface area contributed by atoms with Crippen molar-refractivity contribution in [3.05, 3.63) is 41.6 Å². The zero-order chi connectivity index (χ0) is 12.8. The van der Waals surface area contributed by atoms with Crippen molar-refractivity contribution in [1.29, 1.82) is 5.26 Å². The molecule has 0 N–H and O–H groups in total. The average Bonchev–Trinajstić information content (AvgIpc) is 2.35. The zero-order valence-corrected chi connectivity index (χ0v) is 10.1. The first-order chi connectivity index (χ1) is 8.08. The number of benzene rings is 1. The van der Waals surface area contributed by atoms with E-state index in [1.54, 1.807) is 50.4 Å². The van der Waals surface area contributed by atoms with Crippen LogP contribution in [-0.2, 0) is 0 Å². The number of allylic oxidation sites excluding steroid dienone is 1. The van der Waals surface area contributed by atoms with Crippen molar-refractivity contribution in [3.63, 3.8) is 0 Å². The highest BCUT2D eigenvalue weighted by Crippen LogP contribution is 2.14. The van der Waals surface area contributed by atoms with Crippen LogP contribution in [-0.4, -0.2) is 31.9 Å². The maximum atomic E-state index is 12.0. The molecule has 0 bridgehead atoms. The zero-order valence-electron chi connectivity index (χ0n) is 10.1. The van der Waals surface area contributed by atoms with Crippen LogP contribution in [0.2, 0.25) is 0 Å². The molecule has 0 saturated heterocycles. The summed E-state index contributed by atoms with van der Waals surface area (Å²) in [7, 11) is 5.08. The number of methoxy groups -OCH3 is 1. The molecule has 0 radical (unpaired) electrons. The topological polar surface area (TPSA) is 53.3 Å². The molecule has 1 aromatic rings. The van der Waals surface area contributed by atoms with Crippen LogP contribution in [0.1, 0.15) is 10.4 Å². The number of carbonyl (C=O) groups excluding carboxylic acids is 1. The minimum atomic E-state index is -0.288. The van der Waals surface area contributed by atoms with E-state index in [1.807, 2.05) is 6.07 Å². The number of ether oxygens (including phenoxy) is 1. The molecule has 0 fully saturated rings. The molecule has 88 valence electrons. The number of hydrogen-bond acceptors (Lipinski definition) is 4. The summed E-state index contributed by atoms with van der Waals surface area (Å²) < 4.78 is 5.00. The Morgan fingerprint density at radius 1 is 1.35 bits per heavy atom. The summed E-state index contributed by atoms with van der Waals surface area (Å²) in [5, 5.41) is 8.92. The average molecular weight is 230 g/mol. The van der Waals surface area contributed by atoms with Gasteiger partial charge >= 0.3 is 0 Å². The summed E-state index contributed by atoms with van der Waals surface area (Å²) in [6, 6.07) is 8.57. The van der Waals surface area contributed by atoms with Crippen molar-refractivity contribution in [3.8, 4) is 11.8 Å². The highest BCUT2D eigenvalue weighted by atomic mass is 16.5. The Hall–Kier alpha value is -2.28. The van der Waals surface area contributed by atoms with Crippen molar-refractivity contribution in [2.75, 3.05) is 21.2 Å². The second-order valence-corrected chi connectivity index (χ2v) is 3.68. The van der Waals surface area contributed by atoms with Crippen LogP contribution in [0.15, 0.2) is 36.0 Å². The van der Waals surface area contributed by atoms with E-state index in [0.29, 0.717) is 11.3 Å². The summed E-state index contributed by atoms with van der Waals surface area (Å²) in [6.07, 6.45) is 1.51. The third-order valence-electron chi connectivity index (χ3n) is 2.10. The molecule has 0 saturated carbocycles. The Bertz CT molecular complexity index is 467. The van der Waals surface area contributed by atoms with E-state index in [-0.39, 0.29) is 11.4 Å². The van der Waals surface area contributed by atoms with Crippen molar-refractivity contribution in [2.45, 2.75) is 0 Å². The molecule has 0 aliphatic rings. The lowest BCUT2D eigenvalue weighted by molar-refractivity contribution is 0.103. The number of carbonyl (C=O) groups is 1. The molecule has 0 atom stereocenters. The number of nitrogens with zero attached hydrogens (tertiary/aromatic N) is 2. The fraction of sp³-hybridized carbons (Fsp3) is 0.231. The van der Waals surface area contributed by atoms with E-state index >= 15 is 0 Å². The molecule has 17 heavy (non-hydrogen) atoms. The molecule has 1 rings (SSSR count). The first-order valence-electron chi connectivity index (χ1n) is 5.05. The first kappa shape index (κ1) is 12.8. The number of rotatable bonds is 4. The smallest absolute Gasteiger partial charge is 0.205 e. The van der Waals surface area contributed by atoms with E-state index in [0.717, 1.165) is 0 Å². The van der Waals surface area contributed by atoms with Gasteiger partial charge in [0, 0.05) is 25.9 Å². The Kier molecular flexibility index (Phi) is 4.29. The second kappa shape index (κ2) is 5.71. The molecule has 0 aliphatic heterocycles. The SMILES string of the molecule is COc1ccc(C(=O)C(C#N)=CN(C)C)cc1. The number of hydrogen-bond donors (Lipinski definition) is 0. The highest BCUT2D eigenvalue weighted by Gasteiger charge is 2.12. The Morgan fingerprint density at radius 2 is 1.94 bits per heavy atom. The van der Waals surface area contributed by atoms with Crippen LogP contribution in [0.3, 0.4) is 0 Å². The molecule has 1 aromatic carbocycles. The van der Waals surface area contributed by atoms with Gasteiger partial charge in [-0.15, -0.1) is 0 Å². The quantitative estimate of drug-likeness (QED) is 0.450. The highest BCUT2D eigenvalue weighted by molar-refractivity contribution is 6.11. The van der Waals surface area contributed by atoms with Gasteiger partial charge in [-0.2, -0.15) is 5.26 Å². The van der Waals surface area contributed by atoms with Crippen molar-refractivity contribution in [1.82, 2.24) is 4.90 Å². The summed E-state index contributed by atoms with van der Waals surface area (Å²) >= 11 is 0. The van der Waals surface area contributed by atoms with Gasteiger partial charge in [0.1, 0.15) is 17.4 Å². The molecule has 0 aromatic heterocycles. The molecule has 0 aliphatic carbocycles. The summed E-state index contributed by atoms with van der Waals surface area (Å²) in [5.41, 5.74) is 0.584. The van der Waals surface area contributed by atoms with E-state index in [4.69, 9.17) is 10.00 Å². The predicted molar refractivity (Wildman–Crippen MR) is 64.7 cm³/mol. The van der Waals surface area contributed by atoms with E-state index < -0.39 is 0 Å². The van der Waals surface area contributed by atoms with Crippen molar-refractivity contribution in [2.24, 2.45) is 0 Å². The molecule has 0 spiro atoms. The predicted octanol–water partition coefficient (Wildman–Crippen LogP) is 1.85. The van der Waals surface area contributed by atoms with Gasteiger partial charge in [-0.05, 0) is 24.3 Å². The lowest BCUT2D eigenvalue weighted by Crippen LogP contribution is -2.08. The molecular weight excluding hydrogens is 216 g/mol. The molecule has 0 amide bonds. The monoisotopic (exact) mass is 230 g/mol. The number of Topliss-reactive ketones (excluding diaryl/α,β-unsaturated/α-hetero) is 1. The van der Waals surface area contributed by atoms with Crippen LogP contribution in [0.5, 0.6) is 5.75 Å². The molecule has 0 unspecified atom stereocenters. The van der Waals surface area contributed by atoms with Crippen LogP contribution >= 0.6 is 0 Å². The lowest BCUT2D eigenvalue weighted by atomic mass is 10.1. The molecule has 4 nitrogen and oxygen atoms in total. The van der Waals surface area contributed by atoms with Gasteiger partial charge in [0.25, 0.3) is 0 Å². The van der Waals surface area contributed by atoms with Crippen LogP contribution in [0.25, 0.3) is 0 Å². The van der Waals surface area contributed by atoms with Gasteiger partial charge in [0.05, 0.1) is 7.11 Å². The van der Waals surface area contributed by atoms with Crippen molar-refractivity contribution < 1.29 is 9.53 Å². The Balaban J connectivity index is 2.99. The van der Waals surface area contributed by atoms with Gasteiger partial charge < -0.3 is 9.64 Å². The van der Waals surface area contributed by atoms with Crippen LogP contribution in [0, 0.1) is 11.3 Å². The summed E-state index contributed by atoms with van der Waals surface area (Å²) in [4.78, 5) is 13.6. The standard InChI is InChI=1S/C13H14N2O2/c1-15(2)9-11(8-14)13(16)10-4-6-12(17-3)7-5-10/h4-7,9H,1-3H3. The first-order valence-corrected chi connectivity index (χ1v) is 5.05. The normalized spacial score (nSPS) is 10.6. The minimum absolute atomic E-state index is 0.111. The van der Waals surface area contributed by atoms with E-state index in [2.05, 4.69) is 0 Å². The maximum absolute atomic E-state index is 12.0. The lowest BCUT2D eigenvalue weighted by Gasteiger charge is -2.06. The molecule has 0 heterocycles. The van der Waals surface area contributed by atoms with Crippen LogP contribution < -0.4 is 4.74 Å². The minimum Gasteiger partial charge on any atom is -0.497 e. The summed E-state index contributed by atoms with van der Waals surface area (Å²) in [6.45, 7) is 0. The fourth-order valence-corrected chi connectivity index (χ4v) is 1.29. The molecular formula is C13H14N2O2. The van der Waals surface area contributed by atoms with Gasteiger partial charge in [0.2, 0.25) is 5.78 Å². The molecule has 4 heteroatoms. The maximum Gasteiger partial charge on any atom is 0.205 e. The fourth-order valence-electron chi connectivity index (χ4n) is 1.29. The third-order valence-corrected chi connectivity index (χ3v) is 2.10. The van der Waals surface area contributed by atoms with Crippen molar-refractivity contribution >= 4 is 5.78 Å². The summed E-state index contributed by atoms with van der Waals surface area (Å²) in [5.74, 6) is 0.389. The van der Waals surface area contributed by atoms with Gasteiger partial charge in [-0.25, -0.2) is 0 Å². The number of ketones is 1. The Labute approximate surface area is 101 Å². The van der Waals surface area contributed by atoms with E-state index in [1.165, 1.54) is 6.20 Å². The number of nitriles is 1. The Morgan fingerprint density at radius 3 is 2.35 bits per heavy atom. The third kappa shape index (κ3) is 3.35. The van der Waals surface area contributed by atoms with Gasteiger partial charge in [0.15, 0.2) is 0 Å². The van der Waals surface area contributed by atoms with E-state index in [9.17, 15) is 4.79 Å². The largest absolute Gasteiger partial charge is 0.497 e. The second-order valence-electron chi connectivity index (χ2n) is 3.68.